The second kappa shape index (κ2) is 8.55. The first-order valence-corrected chi connectivity index (χ1v) is 10.8. The normalized spacial score (nSPS) is 10.8. The van der Waals surface area contributed by atoms with Crippen molar-refractivity contribution in [2.24, 2.45) is 0 Å². The number of rotatable bonds is 6. The number of hydrogen-bond acceptors (Lipinski definition) is 6. The summed E-state index contributed by atoms with van der Waals surface area (Å²) in [5.74, 6) is 0.0926. The first kappa shape index (κ1) is 19.3. The maximum Gasteiger partial charge on any atom is 0.234 e. The van der Waals surface area contributed by atoms with Crippen LogP contribution in [0.25, 0.3) is 21.3 Å². The van der Waals surface area contributed by atoms with E-state index >= 15 is 0 Å². The van der Waals surface area contributed by atoms with Crippen LogP contribution in [-0.2, 0) is 4.79 Å². The molecule has 2 aromatic heterocycles. The molecule has 0 aliphatic rings. The van der Waals surface area contributed by atoms with Crippen molar-refractivity contribution in [2.45, 2.75) is 11.9 Å². The van der Waals surface area contributed by atoms with Crippen molar-refractivity contribution in [3.8, 4) is 11.1 Å². The number of Topliss-reactive ketones (excluding diaryl/α,β-unsaturated/α-hetero) is 1. The van der Waals surface area contributed by atoms with E-state index in [1.54, 1.807) is 35.6 Å². The van der Waals surface area contributed by atoms with Gasteiger partial charge in [0.05, 0.1) is 11.1 Å². The number of thioether (sulfide) groups is 1. The highest BCUT2D eigenvalue weighted by atomic mass is 32.2. The number of carbonyl (C=O) groups excluding carboxylic acids is 2. The predicted octanol–water partition coefficient (Wildman–Crippen LogP) is 5.29. The van der Waals surface area contributed by atoms with Crippen LogP contribution >= 0.6 is 23.1 Å². The molecular formula is C22H17N3O2S2. The molecule has 0 radical (unpaired) electrons. The largest absolute Gasteiger partial charge is 0.325 e. The molecule has 2 aromatic carbocycles. The van der Waals surface area contributed by atoms with Crippen molar-refractivity contribution >= 4 is 50.7 Å². The van der Waals surface area contributed by atoms with Gasteiger partial charge in [0, 0.05) is 22.2 Å². The molecule has 0 saturated heterocycles. The summed E-state index contributed by atoms with van der Waals surface area (Å²) in [7, 11) is 0. The van der Waals surface area contributed by atoms with Crippen LogP contribution in [0.4, 0.5) is 5.69 Å². The summed E-state index contributed by atoms with van der Waals surface area (Å²) in [5, 5.41) is 6.70. The van der Waals surface area contributed by atoms with Crippen LogP contribution in [0.2, 0.25) is 0 Å². The van der Waals surface area contributed by atoms with Gasteiger partial charge in [-0.15, -0.1) is 11.3 Å². The van der Waals surface area contributed by atoms with E-state index in [1.807, 2.05) is 18.2 Å². The number of amides is 1. The maximum absolute atomic E-state index is 12.4. The number of benzene rings is 2. The molecule has 0 fully saturated rings. The van der Waals surface area contributed by atoms with E-state index in [0.29, 0.717) is 11.3 Å². The van der Waals surface area contributed by atoms with Gasteiger partial charge >= 0.3 is 0 Å². The fraction of sp³-hybridized carbons (Fsp3) is 0.0909. The minimum absolute atomic E-state index is 0.00352. The number of thiophene rings is 1. The molecule has 1 N–H and O–H groups in total. The number of hydrogen-bond donors (Lipinski definition) is 1. The first-order valence-electron chi connectivity index (χ1n) is 8.93. The van der Waals surface area contributed by atoms with Crippen molar-refractivity contribution in [3.05, 3.63) is 71.9 Å². The first-order chi connectivity index (χ1) is 14.1. The van der Waals surface area contributed by atoms with Crippen LogP contribution in [0, 0.1) is 0 Å². The molecule has 0 atom stereocenters. The standard InChI is InChI=1S/C22H17N3O2S2/c1-14(26)15-7-9-17(10-8-15)25-19(27)12-29-22-20-18(16-5-3-2-4-6-16)11-28-21(20)23-13-24-22/h2-11,13H,12H2,1H3,(H,25,27). The van der Waals surface area contributed by atoms with E-state index < -0.39 is 0 Å². The van der Waals surface area contributed by atoms with Crippen molar-refractivity contribution in [3.63, 3.8) is 0 Å². The second-order valence-corrected chi connectivity index (χ2v) is 8.17. The van der Waals surface area contributed by atoms with Gasteiger partial charge in [-0.1, -0.05) is 42.1 Å². The number of anilines is 1. The Morgan fingerprint density at radius 2 is 1.79 bits per heavy atom. The lowest BCUT2D eigenvalue weighted by atomic mass is 10.1. The third kappa shape index (κ3) is 4.36. The molecule has 0 aliphatic carbocycles. The minimum Gasteiger partial charge on any atom is -0.325 e. The fourth-order valence-corrected chi connectivity index (χ4v) is 4.70. The summed E-state index contributed by atoms with van der Waals surface area (Å²) < 4.78 is 0. The van der Waals surface area contributed by atoms with E-state index in [0.717, 1.165) is 26.4 Å². The summed E-state index contributed by atoms with van der Waals surface area (Å²) in [6.07, 6.45) is 1.54. The Kier molecular flexibility index (Phi) is 5.69. The Morgan fingerprint density at radius 3 is 2.52 bits per heavy atom. The Hall–Kier alpha value is -3.03. The van der Waals surface area contributed by atoms with Crippen molar-refractivity contribution in [2.75, 3.05) is 11.1 Å². The van der Waals surface area contributed by atoms with E-state index in [-0.39, 0.29) is 17.4 Å². The molecule has 0 unspecified atom stereocenters. The molecule has 2 heterocycles. The number of aromatic nitrogens is 2. The molecular weight excluding hydrogens is 402 g/mol. The summed E-state index contributed by atoms with van der Waals surface area (Å²) in [6.45, 7) is 1.51. The van der Waals surface area contributed by atoms with Crippen LogP contribution in [0.15, 0.2) is 71.3 Å². The van der Waals surface area contributed by atoms with Gasteiger partial charge in [-0.05, 0) is 36.8 Å². The molecule has 1 amide bonds. The second-order valence-electron chi connectivity index (χ2n) is 6.34. The highest BCUT2D eigenvalue weighted by Gasteiger charge is 2.14. The van der Waals surface area contributed by atoms with Crippen molar-refractivity contribution in [1.29, 1.82) is 0 Å². The molecule has 7 heteroatoms. The van der Waals surface area contributed by atoms with E-state index in [9.17, 15) is 9.59 Å². The molecule has 5 nitrogen and oxygen atoms in total. The van der Waals surface area contributed by atoms with Crippen LogP contribution in [-0.4, -0.2) is 27.4 Å². The van der Waals surface area contributed by atoms with Gasteiger partial charge in [-0.2, -0.15) is 0 Å². The fourth-order valence-electron chi connectivity index (χ4n) is 2.91. The summed E-state index contributed by atoms with van der Waals surface area (Å²) in [4.78, 5) is 33.4. The molecule has 29 heavy (non-hydrogen) atoms. The smallest absolute Gasteiger partial charge is 0.234 e. The highest BCUT2D eigenvalue weighted by Crippen LogP contribution is 2.37. The van der Waals surface area contributed by atoms with Gasteiger partial charge in [0.1, 0.15) is 16.2 Å². The average Bonchev–Trinajstić information content (AvgIpc) is 3.18. The maximum atomic E-state index is 12.4. The lowest BCUT2D eigenvalue weighted by molar-refractivity contribution is -0.113. The third-order valence-electron chi connectivity index (χ3n) is 4.34. The van der Waals surface area contributed by atoms with Crippen molar-refractivity contribution in [1.82, 2.24) is 9.97 Å². The highest BCUT2D eigenvalue weighted by molar-refractivity contribution is 8.00. The van der Waals surface area contributed by atoms with Crippen molar-refractivity contribution < 1.29 is 9.59 Å². The molecule has 0 saturated carbocycles. The van der Waals surface area contributed by atoms with Gasteiger partial charge < -0.3 is 5.32 Å². The summed E-state index contributed by atoms with van der Waals surface area (Å²) >= 11 is 2.96. The molecule has 4 rings (SSSR count). The average molecular weight is 420 g/mol. The Morgan fingerprint density at radius 1 is 1.03 bits per heavy atom. The zero-order chi connectivity index (χ0) is 20.2. The molecule has 0 bridgehead atoms. The van der Waals surface area contributed by atoms with Crippen LogP contribution in [0.1, 0.15) is 17.3 Å². The van der Waals surface area contributed by atoms with E-state index in [1.165, 1.54) is 25.0 Å². The van der Waals surface area contributed by atoms with Gasteiger partial charge in [0.2, 0.25) is 5.91 Å². The van der Waals surface area contributed by atoms with E-state index in [4.69, 9.17) is 0 Å². The summed E-state index contributed by atoms with van der Waals surface area (Å²) in [5.41, 5.74) is 3.46. The topological polar surface area (TPSA) is 72.0 Å². The SMILES string of the molecule is CC(=O)c1ccc(NC(=O)CSc2ncnc3scc(-c4ccccc4)c23)cc1. The van der Waals surface area contributed by atoms with Gasteiger partial charge in [0.25, 0.3) is 0 Å². The Labute approximate surface area is 176 Å². The van der Waals surface area contributed by atoms with Gasteiger partial charge in [-0.3, -0.25) is 9.59 Å². The molecule has 144 valence electrons. The lowest BCUT2D eigenvalue weighted by Crippen LogP contribution is -2.14. The molecule has 0 spiro atoms. The van der Waals surface area contributed by atoms with Gasteiger partial charge in [0.15, 0.2) is 5.78 Å². The number of nitrogens with zero attached hydrogens (tertiary/aromatic N) is 2. The third-order valence-corrected chi connectivity index (χ3v) is 6.21. The Bertz CT molecular complexity index is 1170. The molecule has 4 aromatic rings. The van der Waals surface area contributed by atoms with Crippen LogP contribution in [0.5, 0.6) is 0 Å². The summed E-state index contributed by atoms with van der Waals surface area (Å²) in [6, 6.07) is 17.0. The van der Waals surface area contributed by atoms with E-state index in [2.05, 4.69) is 32.8 Å². The van der Waals surface area contributed by atoms with Gasteiger partial charge in [-0.25, -0.2) is 9.97 Å². The minimum atomic E-state index is -0.131. The van der Waals surface area contributed by atoms with Crippen LogP contribution < -0.4 is 5.32 Å². The monoisotopic (exact) mass is 419 g/mol. The number of fused-ring (bicyclic) bond motifs is 1. The lowest BCUT2D eigenvalue weighted by Gasteiger charge is -2.07. The zero-order valence-corrected chi connectivity index (χ0v) is 17.2. The number of ketones is 1. The number of nitrogens with one attached hydrogen (secondary N) is 1. The Balaban J connectivity index is 1.50. The zero-order valence-electron chi connectivity index (χ0n) is 15.6. The quantitative estimate of drug-likeness (QED) is 0.261. The predicted molar refractivity (Wildman–Crippen MR) is 119 cm³/mol. The van der Waals surface area contributed by atoms with Crippen LogP contribution in [0.3, 0.4) is 0 Å². The number of carbonyl (C=O) groups is 2. The molecule has 0 aliphatic heterocycles.